The first-order valence-electron chi connectivity index (χ1n) is 14.3. The average molecular weight is 628 g/mol. The quantitative estimate of drug-likeness (QED) is 0.119. The van der Waals surface area contributed by atoms with Crippen LogP contribution in [0.15, 0.2) is 0 Å². The molecule has 4 heterocycles. The number of rotatable bonds is 8. The zero-order chi connectivity index (χ0) is 31.3. The first-order valence-corrected chi connectivity index (χ1v) is 14.3. The van der Waals surface area contributed by atoms with Crippen molar-refractivity contribution in [1.82, 2.24) is 0 Å². The zero-order valence-electron chi connectivity index (χ0n) is 23.3. The van der Waals surface area contributed by atoms with Crippen molar-refractivity contribution < 1.29 is 68.9 Å². The van der Waals surface area contributed by atoms with Gasteiger partial charge in [0.05, 0.1) is 31.4 Å². The lowest BCUT2D eigenvalue weighted by atomic mass is 9.84. The molecule has 0 aromatic rings. The molecule has 20 atom stereocenters. The van der Waals surface area contributed by atoms with Gasteiger partial charge in [-0.3, -0.25) is 0 Å². The summed E-state index contributed by atoms with van der Waals surface area (Å²) >= 11 is 0. The fraction of sp³-hybridized carbons (Fsp3) is 1.00. The van der Waals surface area contributed by atoms with Gasteiger partial charge < -0.3 is 97.6 Å². The van der Waals surface area contributed by atoms with Gasteiger partial charge in [-0.15, -0.1) is 0 Å². The molecular weight excluding hydrogens is 582 g/mol. The largest absolute Gasteiger partial charge is 0.394 e. The number of aliphatic hydroxyl groups excluding tert-OH is 7. The van der Waals surface area contributed by atoms with Crippen molar-refractivity contribution in [3.8, 4) is 0 Å². The van der Waals surface area contributed by atoms with Crippen molar-refractivity contribution in [1.29, 1.82) is 0 Å². The Bertz CT molecular complexity index is 930. The van der Waals surface area contributed by atoms with Crippen LogP contribution in [-0.4, -0.2) is 178 Å². The van der Waals surface area contributed by atoms with Crippen LogP contribution in [0.3, 0.4) is 0 Å². The van der Waals surface area contributed by atoms with Crippen LogP contribution in [0.25, 0.3) is 0 Å². The maximum absolute atomic E-state index is 11.1. The standard InChI is InChI=1S/C24H45N5O14/c25-2-8-13(33)14(34)10(28)22(38-8)42-19-9(3-30)39-24(16(19)36)43-21-12(32)5(26)1-6(27)17(21)40-23-11(29)15(35)20-18(41-23)7(31)4-37-20/h5-24,30-36H,1-4,25-29H2/t5-,6?,7?,8?,9-,10?,11?,12?,13-,14+,15-,16?,17-,18?,19+,20+,21-,22-,23+,24+/m1/s1. The third-order valence-corrected chi connectivity index (χ3v) is 8.89. The van der Waals surface area contributed by atoms with E-state index < -0.39 is 129 Å². The van der Waals surface area contributed by atoms with Gasteiger partial charge in [0.2, 0.25) is 0 Å². The molecule has 5 aliphatic rings. The SMILES string of the molecule is NCC1O[C@H](O[C@@H]2C(O)[C@H](O[C@@H]3C(O)[C@H](N)CC(N)[C@H]3O[C@H]3OC4C(O)CO[C@H]4[C@H](O)C3N)O[C@@H]2CO)C(N)[C@H](O)[C@@H]1O. The molecule has 0 aromatic carbocycles. The Morgan fingerprint density at radius 2 is 1.21 bits per heavy atom. The summed E-state index contributed by atoms with van der Waals surface area (Å²) in [4.78, 5) is 0. The van der Waals surface area contributed by atoms with Crippen molar-refractivity contribution in [2.75, 3.05) is 19.8 Å². The van der Waals surface area contributed by atoms with Gasteiger partial charge >= 0.3 is 0 Å². The summed E-state index contributed by atoms with van der Waals surface area (Å²) in [6, 6.07) is -4.07. The number of hydrogen-bond donors (Lipinski definition) is 12. The molecular formula is C24H45N5O14. The molecule has 5 fully saturated rings. The summed E-state index contributed by atoms with van der Waals surface area (Å²) in [7, 11) is 0. The molecule has 19 heteroatoms. The van der Waals surface area contributed by atoms with Crippen LogP contribution in [0, 0.1) is 0 Å². The Morgan fingerprint density at radius 1 is 0.605 bits per heavy atom. The Kier molecular flexibility index (Phi) is 10.6. The van der Waals surface area contributed by atoms with Gasteiger partial charge in [0.25, 0.3) is 0 Å². The first kappa shape index (κ1) is 33.6. The predicted octanol–water partition coefficient (Wildman–Crippen LogP) is -8.46. The second-order valence-electron chi connectivity index (χ2n) is 11.8. The summed E-state index contributed by atoms with van der Waals surface area (Å²) in [6.07, 6.45) is -20.0. The molecule has 1 saturated carbocycles. The van der Waals surface area contributed by atoms with Crippen LogP contribution in [0.5, 0.6) is 0 Å². The number of nitrogens with two attached hydrogens (primary N) is 5. The van der Waals surface area contributed by atoms with Crippen molar-refractivity contribution in [3.05, 3.63) is 0 Å². The summed E-state index contributed by atoms with van der Waals surface area (Å²) in [5, 5.41) is 73.5. The van der Waals surface area contributed by atoms with E-state index in [-0.39, 0.29) is 19.6 Å². The summed E-state index contributed by atoms with van der Waals surface area (Å²) in [5.41, 5.74) is 30.2. The van der Waals surface area contributed by atoms with Gasteiger partial charge in [0.1, 0.15) is 73.2 Å². The molecule has 0 radical (unpaired) electrons. The maximum atomic E-state index is 11.1. The van der Waals surface area contributed by atoms with E-state index in [0.29, 0.717) is 0 Å². The van der Waals surface area contributed by atoms with E-state index in [1.165, 1.54) is 0 Å². The lowest BCUT2D eigenvalue weighted by molar-refractivity contribution is -0.306. The minimum absolute atomic E-state index is 0.0660. The predicted molar refractivity (Wildman–Crippen MR) is 139 cm³/mol. The third kappa shape index (κ3) is 6.32. The number of aliphatic hydroxyl groups is 7. The van der Waals surface area contributed by atoms with Crippen molar-refractivity contribution in [2.45, 2.75) is 129 Å². The molecule has 250 valence electrons. The normalized spacial score (nSPS) is 55.8. The van der Waals surface area contributed by atoms with Crippen LogP contribution in [0.4, 0.5) is 0 Å². The van der Waals surface area contributed by atoms with Crippen LogP contribution >= 0.6 is 0 Å². The van der Waals surface area contributed by atoms with Gasteiger partial charge in [-0.05, 0) is 6.42 Å². The maximum Gasteiger partial charge on any atom is 0.187 e. The van der Waals surface area contributed by atoms with E-state index in [9.17, 15) is 35.7 Å². The fourth-order valence-corrected chi connectivity index (χ4v) is 6.30. The third-order valence-electron chi connectivity index (χ3n) is 8.89. The molecule has 19 nitrogen and oxygen atoms in total. The topological polar surface area (TPSA) is 336 Å². The summed E-state index contributed by atoms with van der Waals surface area (Å²) < 4.78 is 40.4. The Hall–Kier alpha value is -0.760. The molecule has 43 heavy (non-hydrogen) atoms. The lowest BCUT2D eigenvalue weighted by Crippen LogP contribution is -2.68. The van der Waals surface area contributed by atoms with Crippen molar-refractivity contribution in [3.63, 3.8) is 0 Å². The summed E-state index contributed by atoms with van der Waals surface area (Å²) in [6.45, 7) is -0.871. The number of hydrogen-bond acceptors (Lipinski definition) is 19. The van der Waals surface area contributed by atoms with Gasteiger partial charge in [-0.2, -0.15) is 0 Å². The van der Waals surface area contributed by atoms with Crippen LogP contribution in [0.2, 0.25) is 0 Å². The van der Waals surface area contributed by atoms with Crippen LogP contribution in [0.1, 0.15) is 6.42 Å². The lowest BCUT2D eigenvalue weighted by Gasteiger charge is -2.47. The second-order valence-corrected chi connectivity index (χ2v) is 11.8. The molecule has 4 aliphatic heterocycles. The molecule has 4 saturated heterocycles. The Labute approximate surface area is 246 Å². The van der Waals surface area contributed by atoms with Crippen LogP contribution in [-0.2, 0) is 33.2 Å². The molecule has 0 amide bonds. The van der Waals surface area contributed by atoms with E-state index in [1.807, 2.05) is 0 Å². The molecule has 0 spiro atoms. The highest BCUT2D eigenvalue weighted by Gasteiger charge is 2.56. The summed E-state index contributed by atoms with van der Waals surface area (Å²) in [5.74, 6) is 0. The minimum Gasteiger partial charge on any atom is -0.394 e. The van der Waals surface area contributed by atoms with Crippen LogP contribution < -0.4 is 28.7 Å². The van der Waals surface area contributed by atoms with Gasteiger partial charge in [-0.1, -0.05) is 0 Å². The van der Waals surface area contributed by atoms with Gasteiger partial charge in [0.15, 0.2) is 18.9 Å². The Morgan fingerprint density at radius 3 is 1.88 bits per heavy atom. The van der Waals surface area contributed by atoms with E-state index in [4.69, 9.17) is 61.8 Å². The molecule has 17 N–H and O–H groups in total. The van der Waals surface area contributed by atoms with Gasteiger partial charge in [-0.25, -0.2) is 0 Å². The van der Waals surface area contributed by atoms with E-state index in [2.05, 4.69) is 0 Å². The van der Waals surface area contributed by atoms with E-state index in [1.54, 1.807) is 0 Å². The molecule has 8 unspecified atom stereocenters. The molecule has 0 bridgehead atoms. The van der Waals surface area contributed by atoms with E-state index >= 15 is 0 Å². The smallest absolute Gasteiger partial charge is 0.187 e. The number of ether oxygens (including phenoxy) is 7. The highest BCUT2D eigenvalue weighted by molar-refractivity contribution is 5.03. The highest BCUT2D eigenvalue weighted by Crippen LogP contribution is 2.35. The molecule has 0 aromatic heterocycles. The van der Waals surface area contributed by atoms with E-state index in [0.717, 1.165) is 0 Å². The first-order chi connectivity index (χ1) is 20.4. The zero-order valence-corrected chi connectivity index (χ0v) is 23.3. The molecule has 5 rings (SSSR count). The minimum atomic E-state index is -1.60. The fourth-order valence-electron chi connectivity index (χ4n) is 6.30. The monoisotopic (exact) mass is 627 g/mol. The average Bonchev–Trinajstić information content (AvgIpc) is 3.50. The number of fused-ring (bicyclic) bond motifs is 1. The highest BCUT2D eigenvalue weighted by atomic mass is 16.8. The Balaban J connectivity index is 1.30. The van der Waals surface area contributed by atoms with Crippen molar-refractivity contribution in [2.24, 2.45) is 28.7 Å². The second kappa shape index (κ2) is 13.5. The van der Waals surface area contributed by atoms with Gasteiger partial charge in [0, 0.05) is 18.6 Å². The molecule has 1 aliphatic carbocycles. The van der Waals surface area contributed by atoms with Crippen molar-refractivity contribution >= 4 is 0 Å².